The number of fused-ring (bicyclic) bond motifs is 1. The Balaban J connectivity index is 1.68. The summed E-state index contributed by atoms with van der Waals surface area (Å²) >= 11 is 4.60. The molecular weight excluding hydrogens is 465 g/mol. The summed E-state index contributed by atoms with van der Waals surface area (Å²) in [6.45, 7) is 0. The lowest BCUT2D eigenvalue weighted by Crippen LogP contribution is -2.23. The standard InChI is InChI=1S/C23H15BrFN3OS/c24-18-9-6-17(7-10-18)15-26-28(22(29)13-8-16-4-2-1-3-5-16)23-27-20-12-11-19(25)14-21(20)30-23/h1-15H/b13-8+,26-15+. The van der Waals surface area contributed by atoms with Gasteiger partial charge in [0.2, 0.25) is 5.13 Å². The Labute approximate surface area is 185 Å². The molecule has 0 radical (unpaired) electrons. The molecule has 3 aromatic carbocycles. The van der Waals surface area contributed by atoms with Crippen molar-refractivity contribution in [3.8, 4) is 0 Å². The van der Waals surface area contributed by atoms with E-state index in [1.807, 2.05) is 54.6 Å². The maximum atomic E-state index is 13.6. The molecule has 148 valence electrons. The molecule has 0 spiro atoms. The SMILES string of the molecule is O=C(/C=C/c1ccccc1)N(/N=C/c1ccc(Br)cc1)c1nc2ccc(F)cc2s1. The van der Waals surface area contributed by atoms with Crippen molar-refractivity contribution < 1.29 is 9.18 Å². The summed E-state index contributed by atoms with van der Waals surface area (Å²) in [5.41, 5.74) is 2.34. The van der Waals surface area contributed by atoms with E-state index in [0.29, 0.717) is 15.3 Å². The predicted molar refractivity (Wildman–Crippen MR) is 124 cm³/mol. The van der Waals surface area contributed by atoms with Crippen molar-refractivity contribution in [2.75, 3.05) is 5.01 Å². The van der Waals surface area contributed by atoms with Gasteiger partial charge in [0.05, 0.1) is 16.4 Å². The van der Waals surface area contributed by atoms with Gasteiger partial charge in [-0.05, 0) is 47.5 Å². The van der Waals surface area contributed by atoms with Gasteiger partial charge in [0, 0.05) is 10.5 Å². The number of rotatable bonds is 5. The third-order valence-corrected chi connectivity index (χ3v) is 5.66. The van der Waals surface area contributed by atoms with Crippen LogP contribution in [-0.4, -0.2) is 17.1 Å². The highest BCUT2D eigenvalue weighted by atomic mass is 79.9. The largest absolute Gasteiger partial charge is 0.273 e. The molecule has 4 nitrogen and oxygen atoms in total. The van der Waals surface area contributed by atoms with Crippen molar-refractivity contribution in [3.63, 3.8) is 0 Å². The second-order valence-corrected chi connectivity index (χ2v) is 8.22. The smallest absolute Gasteiger partial charge is 0.267 e. The van der Waals surface area contributed by atoms with Crippen LogP contribution in [0.1, 0.15) is 11.1 Å². The van der Waals surface area contributed by atoms with Gasteiger partial charge in [-0.15, -0.1) is 0 Å². The van der Waals surface area contributed by atoms with Gasteiger partial charge >= 0.3 is 0 Å². The summed E-state index contributed by atoms with van der Waals surface area (Å²) in [4.78, 5) is 17.4. The first-order chi connectivity index (χ1) is 14.6. The molecule has 1 amide bonds. The summed E-state index contributed by atoms with van der Waals surface area (Å²) < 4.78 is 15.2. The van der Waals surface area contributed by atoms with Gasteiger partial charge in [-0.3, -0.25) is 4.79 Å². The highest BCUT2D eigenvalue weighted by molar-refractivity contribution is 9.10. The van der Waals surface area contributed by atoms with E-state index < -0.39 is 0 Å². The lowest BCUT2D eigenvalue weighted by molar-refractivity contribution is -0.114. The van der Waals surface area contributed by atoms with Crippen molar-refractivity contribution in [2.45, 2.75) is 0 Å². The van der Waals surface area contributed by atoms with E-state index in [0.717, 1.165) is 15.6 Å². The van der Waals surface area contributed by atoms with Gasteiger partial charge in [0.1, 0.15) is 5.82 Å². The normalized spacial score (nSPS) is 11.5. The first kappa shape index (κ1) is 20.1. The number of hydrogen-bond acceptors (Lipinski definition) is 4. The minimum absolute atomic E-state index is 0.349. The lowest BCUT2D eigenvalue weighted by Gasteiger charge is -2.11. The zero-order chi connectivity index (χ0) is 20.9. The number of aromatic nitrogens is 1. The quantitative estimate of drug-likeness (QED) is 0.192. The van der Waals surface area contributed by atoms with Gasteiger partial charge in [-0.1, -0.05) is 69.7 Å². The van der Waals surface area contributed by atoms with E-state index >= 15 is 0 Å². The van der Waals surface area contributed by atoms with E-state index in [4.69, 9.17) is 0 Å². The predicted octanol–water partition coefficient (Wildman–Crippen LogP) is 6.28. The summed E-state index contributed by atoms with van der Waals surface area (Å²) in [5, 5.41) is 5.96. The maximum Gasteiger partial charge on any atom is 0.273 e. The number of carbonyl (C=O) groups excluding carboxylic acids is 1. The van der Waals surface area contributed by atoms with Gasteiger partial charge in [0.15, 0.2) is 0 Å². The molecular formula is C23H15BrFN3OS. The molecule has 0 saturated carbocycles. The topological polar surface area (TPSA) is 45.6 Å². The Kier molecular flexibility index (Phi) is 6.11. The summed E-state index contributed by atoms with van der Waals surface area (Å²) in [7, 11) is 0. The zero-order valence-electron chi connectivity index (χ0n) is 15.6. The van der Waals surface area contributed by atoms with Crippen LogP contribution in [0, 0.1) is 5.82 Å². The lowest BCUT2D eigenvalue weighted by atomic mass is 10.2. The molecule has 0 atom stereocenters. The average molecular weight is 480 g/mol. The molecule has 1 aromatic heterocycles. The molecule has 0 fully saturated rings. The molecule has 4 aromatic rings. The van der Waals surface area contributed by atoms with Gasteiger partial charge < -0.3 is 0 Å². The number of amides is 1. The van der Waals surface area contributed by atoms with E-state index in [1.54, 1.807) is 18.4 Å². The Bertz CT molecular complexity index is 1240. The fourth-order valence-electron chi connectivity index (χ4n) is 2.65. The molecule has 0 aliphatic rings. The molecule has 7 heteroatoms. The molecule has 0 unspecified atom stereocenters. The molecule has 0 aliphatic carbocycles. The zero-order valence-corrected chi connectivity index (χ0v) is 18.0. The van der Waals surface area contributed by atoms with Crippen molar-refractivity contribution >= 4 is 60.8 Å². The van der Waals surface area contributed by atoms with Crippen LogP contribution >= 0.6 is 27.3 Å². The molecule has 1 heterocycles. The second-order valence-electron chi connectivity index (χ2n) is 6.30. The summed E-state index contributed by atoms with van der Waals surface area (Å²) in [5.74, 6) is -0.704. The van der Waals surface area contributed by atoms with E-state index in [9.17, 15) is 9.18 Å². The van der Waals surface area contributed by atoms with Crippen molar-refractivity contribution in [1.82, 2.24) is 4.98 Å². The molecule has 0 saturated heterocycles. The van der Waals surface area contributed by atoms with Crippen LogP contribution in [0.3, 0.4) is 0 Å². The highest BCUT2D eigenvalue weighted by Crippen LogP contribution is 2.30. The fraction of sp³-hybridized carbons (Fsp3) is 0. The van der Waals surface area contributed by atoms with Crippen LogP contribution in [0.15, 0.2) is 88.4 Å². The third kappa shape index (κ3) is 4.87. The van der Waals surface area contributed by atoms with Crippen LogP contribution in [0.4, 0.5) is 9.52 Å². The second kappa shape index (κ2) is 9.11. The number of nitrogens with zero attached hydrogens (tertiary/aromatic N) is 3. The Morgan fingerprint density at radius 3 is 2.57 bits per heavy atom. The van der Waals surface area contributed by atoms with Crippen LogP contribution in [-0.2, 0) is 4.79 Å². The Morgan fingerprint density at radius 1 is 1.03 bits per heavy atom. The first-order valence-corrected chi connectivity index (χ1v) is 10.6. The number of halogens is 2. The third-order valence-electron chi connectivity index (χ3n) is 4.14. The van der Waals surface area contributed by atoms with Gasteiger partial charge in [0.25, 0.3) is 5.91 Å². The molecule has 4 rings (SSSR count). The molecule has 0 bridgehead atoms. The van der Waals surface area contributed by atoms with Crippen molar-refractivity contribution in [3.05, 3.63) is 100 Å². The highest BCUT2D eigenvalue weighted by Gasteiger charge is 2.17. The van der Waals surface area contributed by atoms with Gasteiger partial charge in [-0.2, -0.15) is 10.1 Å². The number of benzene rings is 3. The fourth-order valence-corrected chi connectivity index (χ4v) is 3.87. The van der Waals surface area contributed by atoms with E-state index in [1.165, 1.54) is 34.6 Å². The number of anilines is 1. The number of carbonyl (C=O) groups is 1. The molecule has 0 aliphatic heterocycles. The first-order valence-electron chi connectivity index (χ1n) is 9.01. The Hall–Kier alpha value is -3.16. The minimum Gasteiger partial charge on any atom is -0.267 e. The summed E-state index contributed by atoms with van der Waals surface area (Å²) in [6, 6.07) is 21.4. The van der Waals surface area contributed by atoms with Crippen LogP contribution in [0.2, 0.25) is 0 Å². The monoisotopic (exact) mass is 479 g/mol. The molecule has 30 heavy (non-hydrogen) atoms. The number of thiazole rings is 1. The van der Waals surface area contributed by atoms with Crippen molar-refractivity contribution in [2.24, 2.45) is 5.10 Å². The maximum absolute atomic E-state index is 13.6. The molecule has 0 N–H and O–H groups in total. The minimum atomic E-state index is -0.355. The van der Waals surface area contributed by atoms with Crippen LogP contribution in [0.25, 0.3) is 16.3 Å². The Morgan fingerprint density at radius 2 is 1.80 bits per heavy atom. The average Bonchev–Trinajstić information content (AvgIpc) is 3.17. The van der Waals surface area contributed by atoms with Gasteiger partial charge in [-0.25, -0.2) is 9.37 Å². The summed E-state index contributed by atoms with van der Waals surface area (Å²) in [6.07, 6.45) is 4.76. The number of hydrazone groups is 1. The van der Waals surface area contributed by atoms with E-state index in [2.05, 4.69) is 26.0 Å². The van der Waals surface area contributed by atoms with Crippen LogP contribution < -0.4 is 5.01 Å². The van der Waals surface area contributed by atoms with Crippen molar-refractivity contribution in [1.29, 1.82) is 0 Å². The number of hydrogen-bond donors (Lipinski definition) is 0. The van der Waals surface area contributed by atoms with E-state index in [-0.39, 0.29) is 11.7 Å². The van der Waals surface area contributed by atoms with Crippen LogP contribution in [0.5, 0.6) is 0 Å².